The number of carboxylic acids is 1. The average molecular weight is 278 g/mol. The Bertz CT molecular complexity index is 491. The van der Waals surface area contributed by atoms with Crippen LogP contribution in [-0.4, -0.2) is 47.2 Å². The van der Waals surface area contributed by atoms with E-state index in [2.05, 4.69) is 5.32 Å². The summed E-state index contributed by atoms with van der Waals surface area (Å²) in [5.74, 6) is -1.04. The number of hydrogen-bond acceptors (Lipinski definition) is 4. The number of aliphatic carboxylic acids is 1. The molecule has 1 aliphatic rings. The van der Waals surface area contributed by atoms with Crippen molar-refractivity contribution in [2.24, 2.45) is 0 Å². The van der Waals surface area contributed by atoms with Crippen molar-refractivity contribution in [3.8, 4) is 0 Å². The van der Waals surface area contributed by atoms with Gasteiger partial charge in [-0.15, -0.1) is 0 Å². The smallest absolute Gasteiger partial charge is 0.411 e. The standard InChI is InChI=1S/C14H18N2O4/c1-14(12(17)18)10-15-7-8-16(14)13(19)20-9-11-5-3-2-4-6-11/h2-6,15H,7-10H2,1H3,(H,17,18)/t14-/m0/s1. The van der Waals surface area contributed by atoms with Crippen LogP contribution < -0.4 is 5.32 Å². The van der Waals surface area contributed by atoms with Crippen molar-refractivity contribution in [2.75, 3.05) is 19.6 Å². The first-order chi connectivity index (χ1) is 9.54. The third-order valence-electron chi connectivity index (χ3n) is 3.46. The maximum absolute atomic E-state index is 12.1. The predicted octanol–water partition coefficient (Wildman–Crippen LogP) is 1.07. The average Bonchev–Trinajstić information content (AvgIpc) is 2.46. The van der Waals surface area contributed by atoms with Crippen LogP contribution in [0.25, 0.3) is 0 Å². The normalized spacial score (nSPS) is 22.4. The van der Waals surface area contributed by atoms with Gasteiger partial charge in [-0.1, -0.05) is 30.3 Å². The molecule has 1 aromatic carbocycles. The highest BCUT2D eigenvalue weighted by Gasteiger charge is 2.44. The summed E-state index contributed by atoms with van der Waals surface area (Å²) < 4.78 is 5.21. The molecule has 0 unspecified atom stereocenters. The van der Waals surface area contributed by atoms with Gasteiger partial charge in [0.05, 0.1) is 0 Å². The molecule has 0 bridgehead atoms. The van der Waals surface area contributed by atoms with Crippen LogP contribution in [-0.2, 0) is 16.1 Å². The van der Waals surface area contributed by atoms with Gasteiger partial charge < -0.3 is 15.2 Å². The summed E-state index contributed by atoms with van der Waals surface area (Å²) in [7, 11) is 0. The lowest BCUT2D eigenvalue weighted by Crippen LogP contribution is -2.65. The lowest BCUT2D eigenvalue weighted by molar-refractivity contribution is -0.150. The third kappa shape index (κ3) is 2.91. The number of ether oxygens (including phenoxy) is 1. The molecule has 2 N–H and O–H groups in total. The van der Waals surface area contributed by atoms with Gasteiger partial charge in [-0.2, -0.15) is 0 Å². The number of benzene rings is 1. The molecule has 0 saturated carbocycles. The van der Waals surface area contributed by atoms with Gasteiger partial charge >= 0.3 is 12.1 Å². The van der Waals surface area contributed by atoms with Crippen LogP contribution >= 0.6 is 0 Å². The van der Waals surface area contributed by atoms with Gasteiger partial charge in [0.15, 0.2) is 5.54 Å². The number of amides is 1. The summed E-state index contributed by atoms with van der Waals surface area (Å²) in [6.45, 7) is 2.74. The second kappa shape index (κ2) is 5.92. The molecule has 108 valence electrons. The van der Waals surface area contributed by atoms with Crippen molar-refractivity contribution in [3.05, 3.63) is 35.9 Å². The van der Waals surface area contributed by atoms with E-state index in [4.69, 9.17) is 4.74 Å². The molecule has 20 heavy (non-hydrogen) atoms. The quantitative estimate of drug-likeness (QED) is 0.864. The zero-order valence-corrected chi connectivity index (χ0v) is 11.3. The molecule has 0 aromatic heterocycles. The van der Waals surface area contributed by atoms with E-state index in [0.29, 0.717) is 13.1 Å². The fourth-order valence-corrected chi connectivity index (χ4v) is 2.15. The zero-order valence-electron chi connectivity index (χ0n) is 11.3. The second-order valence-corrected chi connectivity index (χ2v) is 4.95. The van der Waals surface area contributed by atoms with Crippen LogP contribution in [0.1, 0.15) is 12.5 Å². The Morgan fingerprint density at radius 2 is 2.10 bits per heavy atom. The van der Waals surface area contributed by atoms with Gasteiger partial charge in [0.1, 0.15) is 6.61 Å². The van der Waals surface area contributed by atoms with E-state index in [1.54, 1.807) is 0 Å². The Labute approximate surface area is 117 Å². The Morgan fingerprint density at radius 3 is 2.75 bits per heavy atom. The highest BCUT2D eigenvalue weighted by molar-refractivity contribution is 5.84. The van der Waals surface area contributed by atoms with Crippen LogP contribution in [0.15, 0.2) is 30.3 Å². The minimum Gasteiger partial charge on any atom is -0.479 e. The second-order valence-electron chi connectivity index (χ2n) is 4.95. The topological polar surface area (TPSA) is 78.9 Å². The van der Waals surface area contributed by atoms with Crippen molar-refractivity contribution in [1.29, 1.82) is 0 Å². The van der Waals surface area contributed by atoms with Gasteiger partial charge in [0.25, 0.3) is 0 Å². The van der Waals surface area contributed by atoms with E-state index in [0.717, 1.165) is 5.56 Å². The number of carbonyl (C=O) groups excluding carboxylic acids is 1. The van der Waals surface area contributed by atoms with E-state index in [-0.39, 0.29) is 13.2 Å². The van der Waals surface area contributed by atoms with Crippen molar-refractivity contribution in [3.63, 3.8) is 0 Å². The lowest BCUT2D eigenvalue weighted by atomic mass is 9.98. The van der Waals surface area contributed by atoms with Gasteiger partial charge in [0, 0.05) is 19.6 Å². The van der Waals surface area contributed by atoms with Gasteiger partial charge in [-0.3, -0.25) is 4.90 Å². The molecule has 6 heteroatoms. The van der Waals surface area contributed by atoms with Crippen molar-refractivity contribution in [2.45, 2.75) is 19.1 Å². The Balaban J connectivity index is 2.02. The van der Waals surface area contributed by atoms with Gasteiger partial charge in [-0.05, 0) is 12.5 Å². The third-order valence-corrected chi connectivity index (χ3v) is 3.46. The number of nitrogens with one attached hydrogen (secondary N) is 1. The number of carboxylic acid groups (broad SMARTS) is 1. The van der Waals surface area contributed by atoms with Crippen molar-refractivity contribution >= 4 is 12.1 Å². The minimum absolute atomic E-state index is 0.138. The number of piperazine rings is 1. The first kappa shape index (κ1) is 14.3. The Morgan fingerprint density at radius 1 is 1.40 bits per heavy atom. The number of carbonyl (C=O) groups is 2. The van der Waals surface area contributed by atoms with E-state index in [1.807, 2.05) is 30.3 Å². The molecule has 0 aliphatic carbocycles. The zero-order chi connectivity index (χ0) is 14.6. The van der Waals surface area contributed by atoms with Gasteiger partial charge in [-0.25, -0.2) is 9.59 Å². The highest BCUT2D eigenvalue weighted by Crippen LogP contribution is 2.19. The Kier molecular flexibility index (Phi) is 4.24. The summed E-state index contributed by atoms with van der Waals surface area (Å²) in [5, 5.41) is 12.3. The number of rotatable bonds is 3. The van der Waals surface area contributed by atoms with E-state index in [9.17, 15) is 14.7 Å². The molecule has 2 rings (SSSR count). The highest BCUT2D eigenvalue weighted by atomic mass is 16.6. The maximum atomic E-state index is 12.1. The summed E-state index contributed by atoms with van der Waals surface area (Å²) in [6, 6.07) is 9.29. The van der Waals surface area contributed by atoms with Crippen LogP contribution in [0.2, 0.25) is 0 Å². The largest absolute Gasteiger partial charge is 0.479 e. The van der Waals surface area contributed by atoms with Gasteiger partial charge in [0.2, 0.25) is 0 Å². The molecular formula is C14H18N2O4. The molecule has 1 aliphatic heterocycles. The fourth-order valence-electron chi connectivity index (χ4n) is 2.15. The summed E-state index contributed by atoms with van der Waals surface area (Å²) in [4.78, 5) is 24.8. The fraction of sp³-hybridized carbons (Fsp3) is 0.429. The molecular weight excluding hydrogens is 260 g/mol. The molecule has 0 radical (unpaired) electrons. The SMILES string of the molecule is C[C@@]1(C(=O)O)CNCCN1C(=O)OCc1ccccc1. The first-order valence-corrected chi connectivity index (χ1v) is 6.46. The minimum atomic E-state index is -1.27. The molecule has 1 saturated heterocycles. The number of hydrogen-bond donors (Lipinski definition) is 2. The molecule has 6 nitrogen and oxygen atoms in total. The molecule has 1 aromatic rings. The van der Waals surface area contributed by atoms with Crippen LogP contribution in [0, 0.1) is 0 Å². The summed E-state index contributed by atoms with van der Waals surface area (Å²) >= 11 is 0. The van der Waals surface area contributed by atoms with Crippen LogP contribution in [0.5, 0.6) is 0 Å². The van der Waals surface area contributed by atoms with Crippen molar-refractivity contribution < 1.29 is 19.4 Å². The van der Waals surface area contributed by atoms with Crippen molar-refractivity contribution in [1.82, 2.24) is 10.2 Å². The molecule has 0 spiro atoms. The van der Waals surface area contributed by atoms with E-state index in [1.165, 1.54) is 11.8 Å². The summed E-state index contributed by atoms with van der Waals surface area (Å²) in [5.41, 5.74) is -0.403. The monoisotopic (exact) mass is 278 g/mol. The molecule has 1 atom stereocenters. The predicted molar refractivity (Wildman–Crippen MR) is 72.2 cm³/mol. The molecule has 1 amide bonds. The van der Waals surface area contributed by atoms with E-state index < -0.39 is 17.6 Å². The molecule has 1 fully saturated rings. The maximum Gasteiger partial charge on any atom is 0.411 e. The lowest BCUT2D eigenvalue weighted by Gasteiger charge is -2.40. The molecule has 1 heterocycles. The summed E-state index contributed by atoms with van der Waals surface area (Å²) in [6.07, 6.45) is -0.597. The van der Waals surface area contributed by atoms with E-state index >= 15 is 0 Å². The first-order valence-electron chi connectivity index (χ1n) is 6.46. The Hall–Kier alpha value is -2.08. The van der Waals surface area contributed by atoms with Crippen LogP contribution in [0.3, 0.4) is 0 Å². The number of nitrogens with zero attached hydrogens (tertiary/aromatic N) is 1. The van der Waals surface area contributed by atoms with Crippen LogP contribution in [0.4, 0.5) is 4.79 Å².